The zero-order chi connectivity index (χ0) is 17.9. The van der Waals surface area contributed by atoms with E-state index >= 15 is 0 Å². The minimum Gasteiger partial charge on any atom is -0.507 e. The molecular weight excluding hydrogens is 328 g/mol. The Morgan fingerprint density at radius 1 is 1.12 bits per heavy atom. The van der Waals surface area contributed by atoms with Crippen LogP contribution in [0.4, 0.5) is 0 Å². The van der Waals surface area contributed by atoms with E-state index in [1.165, 1.54) is 6.21 Å². The van der Waals surface area contributed by atoms with Gasteiger partial charge in [0.25, 0.3) is 0 Å². The highest BCUT2D eigenvalue weighted by Gasteiger charge is 2.08. The van der Waals surface area contributed by atoms with Crippen molar-refractivity contribution in [1.82, 2.24) is 15.4 Å². The van der Waals surface area contributed by atoms with E-state index in [2.05, 4.69) is 20.5 Å². The minimum atomic E-state index is -0.291. The Morgan fingerprint density at radius 3 is 2.81 bits per heavy atom. The number of nitrogens with one attached hydrogen (secondary N) is 2. The van der Waals surface area contributed by atoms with E-state index < -0.39 is 0 Å². The van der Waals surface area contributed by atoms with Gasteiger partial charge in [-0.25, -0.2) is 10.4 Å². The van der Waals surface area contributed by atoms with Crippen molar-refractivity contribution in [3.63, 3.8) is 0 Å². The minimum absolute atomic E-state index is 0.0930. The van der Waals surface area contributed by atoms with Crippen LogP contribution in [0.5, 0.6) is 5.75 Å². The van der Waals surface area contributed by atoms with E-state index in [1.54, 1.807) is 6.07 Å². The van der Waals surface area contributed by atoms with Gasteiger partial charge in [-0.3, -0.25) is 4.79 Å². The van der Waals surface area contributed by atoms with Gasteiger partial charge in [0.15, 0.2) is 0 Å². The Labute approximate surface area is 149 Å². The number of aromatic nitrogens is 2. The zero-order valence-electron chi connectivity index (χ0n) is 13.8. The van der Waals surface area contributed by atoms with Crippen molar-refractivity contribution in [2.45, 2.75) is 6.42 Å². The van der Waals surface area contributed by atoms with Crippen LogP contribution in [0.3, 0.4) is 0 Å². The number of nitrogens with zero attached hydrogens (tertiary/aromatic N) is 2. The quantitative estimate of drug-likeness (QED) is 0.392. The summed E-state index contributed by atoms with van der Waals surface area (Å²) in [6.45, 7) is 0. The van der Waals surface area contributed by atoms with E-state index in [-0.39, 0.29) is 18.1 Å². The molecule has 26 heavy (non-hydrogen) atoms. The van der Waals surface area contributed by atoms with Crippen LogP contribution in [0.1, 0.15) is 11.4 Å². The van der Waals surface area contributed by atoms with Crippen molar-refractivity contribution in [2.24, 2.45) is 5.10 Å². The van der Waals surface area contributed by atoms with Crippen LogP contribution in [0.15, 0.2) is 65.8 Å². The third-order valence-electron chi connectivity index (χ3n) is 4.09. The molecule has 0 bridgehead atoms. The number of amides is 1. The number of benzene rings is 3. The Kier molecular flexibility index (Phi) is 4.07. The van der Waals surface area contributed by atoms with Crippen LogP contribution in [-0.2, 0) is 11.2 Å². The first-order valence-electron chi connectivity index (χ1n) is 8.17. The molecule has 3 N–H and O–H groups in total. The lowest BCUT2D eigenvalue weighted by molar-refractivity contribution is -0.120. The van der Waals surface area contributed by atoms with Gasteiger partial charge in [0.2, 0.25) is 5.91 Å². The maximum Gasteiger partial charge on any atom is 0.247 e. The predicted octanol–water partition coefficient (Wildman–Crippen LogP) is 3.11. The first-order chi connectivity index (χ1) is 12.7. The number of carbonyl (C=O) groups excluding carboxylic acids is 1. The van der Waals surface area contributed by atoms with Crippen LogP contribution in [0.25, 0.3) is 21.8 Å². The third-order valence-corrected chi connectivity index (χ3v) is 4.09. The maximum atomic E-state index is 12.0. The second kappa shape index (κ2) is 6.68. The highest BCUT2D eigenvalue weighted by molar-refractivity contribution is 5.97. The van der Waals surface area contributed by atoms with Crippen molar-refractivity contribution in [3.05, 3.63) is 72.1 Å². The summed E-state index contributed by atoms with van der Waals surface area (Å²) in [6.07, 6.45) is 1.52. The van der Waals surface area contributed by atoms with E-state index in [0.29, 0.717) is 11.4 Å². The topological polar surface area (TPSA) is 90.4 Å². The summed E-state index contributed by atoms with van der Waals surface area (Å²) < 4.78 is 0. The van der Waals surface area contributed by atoms with Gasteiger partial charge in [-0.15, -0.1) is 0 Å². The number of aromatic hydroxyl groups is 1. The number of para-hydroxylation sites is 2. The molecule has 0 saturated heterocycles. The number of carbonyl (C=O) groups is 1. The average Bonchev–Trinajstić information content (AvgIpc) is 3.06. The number of imidazole rings is 1. The average molecular weight is 344 g/mol. The Balaban J connectivity index is 1.44. The van der Waals surface area contributed by atoms with Crippen LogP contribution >= 0.6 is 0 Å². The van der Waals surface area contributed by atoms with Crippen molar-refractivity contribution >= 4 is 33.9 Å². The van der Waals surface area contributed by atoms with Crippen molar-refractivity contribution in [2.75, 3.05) is 0 Å². The SMILES string of the molecule is O=C(Cc1nc2ccccc2[nH]1)NN=Cc1ccc2ccccc2c1O. The fraction of sp³-hybridized carbons (Fsp3) is 0.0500. The van der Waals surface area contributed by atoms with E-state index in [0.717, 1.165) is 21.8 Å². The molecule has 1 heterocycles. The van der Waals surface area contributed by atoms with Crippen molar-refractivity contribution in [3.8, 4) is 5.75 Å². The molecule has 0 aliphatic heterocycles. The lowest BCUT2D eigenvalue weighted by Gasteiger charge is -2.04. The normalized spacial score (nSPS) is 11.4. The van der Waals surface area contributed by atoms with E-state index in [9.17, 15) is 9.90 Å². The molecule has 6 nitrogen and oxygen atoms in total. The number of hydrazone groups is 1. The number of H-pyrrole nitrogens is 1. The largest absolute Gasteiger partial charge is 0.507 e. The number of hydrogen-bond acceptors (Lipinski definition) is 4. The summed E-state index contributed by atoms with van der Waals surface area (Å²) in [5.41, 5.74) is 4.70. The second-order valence-corrected chi connectivity index (χ2v) is 5.90. The predicted molar refractivity (Wildman–Crippen MR) is 101 cm³/mol. The molecule has 3 aromatic carbocycles. The Morgan fingerprint density at radius 2 is 1.92 bits per heavy atom. The van der Waals surface area contributed by atoms with Gasteiger partial charge in [0.1, 0.15) is 11.6 Å². The molecule has 0 unspecified atom stereocenters. The summed E-state index contributed by atoms with van der Waals surface area (Å²) >= 11 is 0. The van der Waals surface area contributed by atoms with Gasteiger partial charge >= 0.3 is 0 Å². The molecule has 0 atom stereocenters. The molecule has 1 aromatic heterocycles. The molecule has 0 aliphatic rings. The standard InChI is InChI=1S/C20H16N4O2/c25-19(11-18-22-16-7-3-4-8-17(16)23-18)24-21-12-14-10-9-13-5-1-2-6-15(13)20(14)26/h1-10,12,26H,11H2,(H,22,23)(H,24,25). The fourth-order valence-corrected chi connectivity index (χ4v) is 2.83. The van der Waals surface area contributed by atoms with Crippen LogP contribution in [0, 0.1) is 0 Å². The van der Waals surface area contributed by atoms with Crippen LogP contribution in [0.2, 0.25) is 0 Å². The third kappa shape index (κ3) is 3.12. The van der Waals surface area contributed by atoms with Gasteiger partial charge in [-0.05, 0) is 23.6 Å². The molecule has 4 rings (SSSR count). The summed E-state index contributed by atoms with van der Waals surface area (Å²) in [5.74, 6) is 0.423. The highest BCUT2D eigenvalue weighted by Crippen LogP contribution is 2.27. The summed E-state index contributed by atoms with van der Waals surface area (Å²) in [6, 6.07) is 18.8. The van der Waals surface area contributed by atoms with E-state index in [4.69, 9.17) is 0 Å². The molecule has 0 spiro atoms. The zero-order valence-corrected chi connectivity index (χ0v) is 13.8. The first-order valence-corrected chi connectivity index (χ1v) is 8.17. The van der Waals surface area contributed by atoms with Gasteiger partial charge in [0, 0.05) is 10.9 Å². The molecule has 0 radical (unpaired) electrons. The Bertz CT molecular complexity index is 1100. The van der Waals surface area contributed by atoms with Crippen LogP contribution in [-0.4, -0.2) is 27.2 Å². The lowest BCUT2D eigenvalue weighted by atomic mass is 10.1. The molecule has 0 aliphatic carbocycles. The van der Waals surface area contributed by atoms with Gasteiger partial charge in [0.05, 0.1) is 23.7 Å². The summed E-state index contributed by atoms with van der Waals surface area (Å²) in [5, 5.41) is 15.9. The molecular formula is C20H16N4O2. The summed E-state index contributed by atoms with van der Waals surface area (Å²) in [4.78, 5) is 19.5. The molecule has 0 fully saturated rings. The lowest BCUT2D eigenvalue weighted by Crippen LogP contribution is -2.20. The second-order valence-electron chi connectivity index (χ2n) is 5.90. The smallest absolute Gasteiger partial charge is 0.247 e. The molecule has 1 amide bonds. The van der Waals surface area contributed by atoms with Crippen molar-refractivity contribution in [1.29, 1.82) is 0 Å². The van der Waals surface area contributed by atoms with Gasteiger partial charge in [-0.2, -0.15) is 5.10 Å². The number of aromatic amines is 1. The molecule has 6 heteroatoms. The van der Waals surface area contributed by atoms with Gasteiger partial charge in [-0.1, -0.05) is 42.5 Å². The van der Waals surface area contributed by atoms with Crippen LogP contribution < -0.4 is 5.43 Å². The van der Waals surface area contributed by atoms with E-state index in [1.807, 2.05) is 54.6 Å². The number of phenols is 1. The molecule has 4 aromatic rings. The fourth-order valence-electron chi connectivity index (χ4n) is 2.83. The number of phenolic OH excluding ortho intramolecular Hbond substituents is 1. The molecule has 128 valence electrons. The number of hydrogen-bond donors (Lipinski definition) is 3. The Hall–Kier alpha value is -3.67. The molecule has 0 saturated carbocycles. The van der Waals surface area contributed by atoms with Crippen molar-refractivity contribution < 1.29 is 9.90 Å². The summed E-state index contributed by atoms with van der Waals surface area (Å²) in [7, 11) is 0. The number of rotatable bonds is 4. The maximum absolute atomic E-state index is 12.0. The number of fused-ring (bicyclic) bond motifs is 2. The highest BCUT2D eigenvalue weighted by atomic mass is 16.3. The monoisotopic (exact) mass is 344 g/mol. The first kappa shape index (κ1) is 15.8. The van der Waals surface area contributed by atoms with Gasteiger partial charge < -0.3 is 10.1 Å².